The molecule has 19 heavy (non-hydrogen) atoms. The molecule has 0 aliphatic carbocycles. The first kappa shape index (κ1) is 15.8. The average molecular weight is 292 g/mol. The first-order valence-corrected chi connectivity index (χ1v) is 6.65. The number of nitrogens with one attached hydrogen (secondary N) is 1. The molecule has 1 rings (SSSR count). The van der Waals surface area contributed by atoms with Crippen molar-refractivity contribution in [3.63, 3.8) is 0 Å². The fraction of sp³-hybridized carbons (Fsp3) is 0.417. The maximum atomic E-state index is 13.2. The molecule has 3 N–H and O–H groups in total. The van der Waals surface area contributed by atoms with Crippen molar-refractivity contribution in [2.45, 2.75) is 17.2 Å². The van der Waals surface area contributed by atoms with E-state index in [1.807, 2.05) is 0 Å². The van der Waals surface area contributed by atoms with Gasteiger partial charge in [-0.25, -0.2) is 13.2 Å². The van der Waals surface area contributed by atoms with Crippen molar-refractivity contribution in [1.82, 2.24) is 5.32 Å². The summed E-state index contributed by atoms with van der Waals surface area (Å²) in [4.78, 5) is 11.7. The Kier molecular flexibility index (Phi) is 6.17. The number of hydrogen-bond donors (Lipinski definition) is 2. The van der Waals surface area contributed by atoms with Crippen molar-refractivity contribution in [3.8, 4) is 0 Å². The first-order chi connectivity index (χ1) is 8.94. The highest BCUT2D eigenvalue weighted by Crippen LogP contribution is 2.21. The second-order valence-electron chi connectivity index (χ2n) is 3.87. The fourth-order valence-electron chi connectivity index (χ4n) is 1.20. The van der Waals surface area contributed by atoms with Crippen LogP contribution in [0, 0.1) is 5.82 Å². The van der Waals surface area contributed by atoms with E-state index in [9.17, 15) is 18.0 Å². The van der Waals surface area contributed by atoms with Crippen LogP contribution in [0.1, 0.15) is 6.42 Å². The molecule has 106 valence electrons. The maximum absolute atomic E-state index is 13.2. The van der Waals surface area contributed by atoms with E-state index in [2.05, 4.69) is 5.32 Å². The van der Waals surface area contributed by atoms with Crippen molar-refractivity contribution in [1.29, 1.82) is 0 Å². The topological polar surface area (TPSA) is 55.1 Å². The van der Waals surface area contributed by atoms with Crippen LogP contribution in [-0.4, -0.2) is 30.7 Å². The summed E-state index contributed by atoms with van der Waals surface area (Å²) in [6, 6.07) is 6.18. The molecule has 3 nitrogen and oxygen atoms in total. The molecule has 0 saturated heterocycles. The summed E-state index contributed by atoms with van der Waals surface area (Å²) in [6.45, 7) is -1.58. The van der Waals surface area contributed by atoms with Crippen LogP contribution in [0.3, 0.4) is 0 Å². The number of hydrogen-bond acceptors (Lipinski definition) is 3. The molecular weight excluding hydrogens is 277 g/mol. The molecule has 0 atom stereocenters. The Bertz CT molecular complexity index is 429. The second-order valence-corrected chi connectivity index (χ2v) is 5.00. The molecule has 0 unspecified atom stereocenters. The van der Waals surface area contributed by atoms with E-state index in [0.29, 0.717) is 10.6 Å². The Morgan fingerprint density at radius 3 is 2.68 bits per heavy atom. The fourth-order valence-corrected chi connectivity index (χ4v) is 2.09. The van der Waals surface area contributed by atoms with Crippen LogP contribution in [0.5, 0.6) is 0 Å². The van der Waals surface area contributed by atoms with E-state index in [4.69, 9.17) is 5.73 Å². The molecule has 1 amide bonds. The average Bonchev–Trinajstić information content (AvgIpc) is 2.39. The monoisotopic (exact) mass is 292 g/mol. The van der Waals surface area contributed by atoms with Crippen LogP contribution < -0.4 is 11.1 Å². The van der Waals surface area contributed by atoms with Crippen LogP contribution in [0.2, 0.25) is 0 Å². The predicted octanol–water partition coefficient (Wildman–Crippen LogP) is 2.02. The highest BCUT2D eigenvalue weighted by atomic mass is 32.2. The molecule has 1 aromatic rings. The lowest BCUT2D eigenvalue weighted by Crippen LogP contribution is -2.41. The highest BCUT2D eigenvalue weighted by Gasteiger charge is 2.26. The number of nitrogens with two attached hydrogens (primary N) is 1. The van der Waals surface area contributed by atoms with Gasteiger partial charge in [-0.2, -0.15) is 0 Å². The van der Waals surface area contributed by atoms with Crippen LogP contribution in [0.15, 0.2) is 29.2 Å². The zero-order valence-electron chi connectivity index (χ0n) is 10.2. The molecule has 0 radical (unpaired) electrons. The summed E-state index contributed by atoms with van der Waals surface area (Å²) in [5, 5.41) is 2.10. The van der Waals surface area contributed by atoms with Gasteiger partial charge in [-0.3, -0.25) is 4.79 Å². The van der Waals surface area contributed by atoms with Gasteiger partial charge in [0, 0.05) is 17.1 Å². The number of carbonyl (C=O) groups excluding carboxylic acids is 1. The van der Waals surface area contributed by atoms with Crippen LogP contribution in [0.4, 0.5) is 13.2 Å². The Hall–Kier alpha value is -1.21. The summed E-state index contributed by atoms with van der Waals surface area (Å²) in [5.74, 6) is -3.63. The van der Waals surface area contributed by atoms with Gasteiger partial charge in [-0.05, 0) is 12.1 Å². The number of benzene rings is 1. The minimum atomic E-state index is -3.09. The lowest BCUT2D eigenvalue weighted by Gasteiger charge is -2.14. The molecule has 0 aromatic heterocycles. The van der Waals surface area contributed by atoms with Gasteiger partial charge in [-0.1, -0.05) is 12.1 Å². The number of halogens is 3. The summed E-state index contributed by atoms with van der Waals surface area (Å²) >= 11 is 1.17. The largest absolute Gasteiger partial charge is 0.350 e. The van der Waals surface area contributed by atoms with E-state index >= 15 is 0 Å². The van der Waals surface area contributed by atoms with Crippen LogP contribution in [0.25, 0.3) is 0 Å². The van der Waals surface area contributed by atoms with Gasteiger partial charge in [0.2, 0.25) is 5.91 Å². The summed E-state index contributed by atoms with van der Waals surface area (Å²) in [5.41, 5.74) is 4.84. The number of alkyl halides is 2. The number of amides is 1. The van der Waals surface area contributed by atoms with Gasteiger partial charge in [0.15, 0.2) is 0 Å². The van der Waals surface area contributed by atoms with Crippen molar-refractivity contribution >= 4 is 17.7 Å². The predicted molar refractivity (Wildman–Crippen MR) is 68.8 cm³/mol. The number of rotatable bonds is 7. The summed E-state index contributed by atoms with van der Waals surface area (Å²) < 4.78 is 38.7. The number of carbonyl (C=O) groups is 1. The molecule has 1 aromatic carbocycles. The van der Waals surface area contributed by atoms with Crippen molar-refractivity contribution in [2.75, 3.05) is 18.8 Å². The molecular formula is C12H15F3N2OS. The van der Waals surface area contributed by atoms with Gasteiger partial charge < -0.3 is 11.1 Å². The Balaban J connectivity index is 2.26. The minimum absolute atomic E-state index is 0.0413. The molecule has 0 saturated carbocycles. The van der Waals surface area contributed by atoms with E-state index in [0.717, 1.165) is 0 Å². The van der Waals surface area contributed by atoms with Crippen molar-refractivity contribution in [3.05, 3.63) is 30.1 Å². The highest BCUT2D eigenvalue weighted by molar-refractivity contribution is 7.99. The molecule has 7 heteroatoms. The maximum Gasteiger partial charge on any atom is 0.277 e. The second kappa shape index (κ2) is 7.40. The van der Waals surface area contributed by atoms with Gasteiger partial charge in [0.25, 0.3) is 5.92 Å². The van der Waals surface area contributed by atoms with Gasteiger partial charge in [0.05, 0.1) is 13.1 Å². The van der Waals surface area contributed by atoms with E-state index < -0.39 is 24.9 Å². The zero-order chi connectivity index (χ0) is 14.3. The molecule has 0 fully saturated rings. The van der Waals surface area contributed by atoms with E-state index in [1.165, 1.54) is 17.8 Å². The van der Waals surface area contributed by atoms with Gasteiger partial charge in [0.1, 0.15) is 5.82 Å². The minimum Gasteiger partial charge on any atom is -0.350 e. The normalized spacial score (nSPS) is 11.4. The smallest absolute Gasteiger partial charge is 0.277 e. The lowest BCUT2D eigenvalue weighted by molar-refractivity contribution is -0.122. The molecule has 0 heterocycles. The zero-order valence-corrected chi connectivity index (χ0v) is 11.0. The van der Waals surface area contributed by atoms with Crippen molar-refractivity contribution in [2.24, 2.45) is 5.73 Å². The quantitative estimate of drug-likeness (QED) is 0.756. The Labute approximate surface area is 113 Å². The van der Waals surface area contributed by atoms with E-state index in [-0.39, 0.29) is 12.2 Å². The van der Waals surface area contributed by atoms with Crippen molar-refractivity contribution < 1.29 is 18.0 Å². The van der Waals surface area contributed by atoms with Crippen LogP contribution in [-0.2, 0) is 4.79 Å². The molecule has 0 bridgehead atoms. The third-order valence-electron chi connectivity index (χ3n) is 2.27. The van der Waals surface area contributed by atoms with Gasteiger partial charge in [-0.15, -0.1) is 11.8 Å². The summed E-state index contributed by atoms with van der Waals surface area (Å²) in [7, 11) is 0. The molecule has 0 spiro atoms. The molecule has 0 aliphatic heterocycles. The third-order valence-corrected chi connectivity index (χ3v) is 3.32. The Morgan fingerprint density at radius 1 is 1.37 bits per heavy atom. The summed E-state index contributed by atoms with van der Waals surface area (Å²) in [6.07, 6.45) is 0.0413. The van der Waals surface area contributed by atoms with Gasteiger partial charge >= 0.3 is 0 Å². The lowest BCUT2D eigenvalue weighted by atomic mass is 10.3. The number of thioether (sulfide) groups is 1. The Morgan fingerprint density at radius 2 is 2.05 bits per heavy atom. The SMILES string of the molecule is NCC(F)(F)CNC(=O)CCSc1ccccc1F. The first-order valence-electron chi connectivity index (χ1n) is 5.66. The van der Waals surface area contributed by atoms with E-state index in [1.54, 1.807) is 18.2 Å². The van der Waals surface area contributed by atoms with Crippen LogP contribution >= 0.6 is 11.8 Å². The third kappa shape index (κ3) is 5.98. The standard InChI is InChI=1S/C12H15F3N2OS/c13-9-3-1-2-4-10(9)19-6-5-11(18)17-8-12(14,15)7-16/h1-4H,5-8,16H2,(H,17,18). The molecule has 0 aliphatic rings.